The van der Waals surface area contributed by atoms with Crippen molar-refractivity contribution in [2.45, 2.75) is 25.8 Å². The summed E-state index contributed by atoms with van der Waals surface area (Å²) in [5, 5.41) is 11.8. The maximum Gasteiger partial charge on any atom is 0.118 e. The van der Waals surface area contributed by atoms with Gasteiger partial charge in [0.1, 0.15) is 11.4 Å². The number of hydrogen-bond donors (Lipinski definition) is 1. The summed E-state index contributed by atoms with van der Waals surface area (Å²) in [6, 6.07) is 8.00. The van der Waals surface area contributed by atoms with Crippen molar-refractivity contribution in [3.8, 4) is 5.75 Å². The average Bonchev–Trinajstić information content (AvgIpc) is 2.96. The summed E-state index contributed by atoms with van der Waals surface area (Å²) in [6.45, 7) is 1.78. The first-order chi connectivity index (χ1) is 10.3. The van der Waals surface area contributed by atoms with Crippen LogP contribution in [0, 0.1) is 0 Å². The number of allylic oxidation sites excluding steroid dienone is 1. The first-order valence-corrected chi connectivity index (χ1v) is 7.31. The van der Waals surface area contributed by atoms with E-state index in [1.54, 1.807) is 7.11 Å². The number of rotatable bonds is 4. The molecule has 1 aromatic heterocycles. The molecule has 0 amide bonds. The van der Waals surface area contributed by atoms with E-state index in [1.165, 1.54) is 24.1 Å². The fourth-order valence-corrected chi connectivity index (χ4v) is 2.45. The molecule has 0 saturated carbocycles. The van der Waals surface area contributed by atoms with E-state index in [1.807, 2.05) is 35.1 Å². The maximum atomic E-state index is 5.16. The molecule has 0 spiro atoms. The number of nitrogens with zero attached hydrogens (tertiary/aromatic N) is 3. The van der Waals surface area contributed by atoms with Crippen LogP contribution in [0.5, 0.6) is 5.75 Å². The van der Waals surface area contributed by atoms with Crippen LogP contribution in [0.4, 0.5) is 0 Å². The summed E-state index contributed by atoms with van der Waals surface area (Å²) in [5.41, 5.74) is 3.35. The zero-order chi connectivity index (χ0) is 14.5. The van der Waals surface area contributed by atoms with Crippen LogP contribution >= 0.6 is 0 Å². The molecule has 0 atom stereocenters. The minimum Gasteiger partial charge on any atom is -0.497 e. The van der Waals surface area contributed by atoms with Gasteiger partial charge in [-0.1, -0.05) is 17.3 Å². The van der Waals surface area contributed by atoms with Crippen molar-refractivity contribution in [3.63, 3.8) is 0 Å². The second-order valence-corrected chi connectivity index (χ2v) is 5.24. The second-order valence-electron chi connectivity index (χ2n) is 5.24. The van der Waals surface area contributed by atoms with Gasteiger partial charge in [-0.3, -0.25) is 0 Å². The number of hydrogen-bond acceptors (Lipinski definition) is 4. The van der Waals surface area contributed by atoms with Crippen LogP contribution in [0.2, 0.25) is 0 Å². The van der Waals surface area contributed by atoms with Crippen molar-refractivity contribution in [1.29, 1.82) is 0 Å². The number of aromatic nitrogens is 3. The molecule has 5 nitrogen and oxygen atoms in total. The topological polar surface area (TPSA) is 52.0 Å². The third-order valence-electron chi connectivity index (χ3n) is 3.61. The van der Waals surface area contributed by atoms with Crippen molar-refractivity contribution in [2.75, 3.05) is 13.7 Å². The first-order valence-electron chi connectivity index (χ1n) is 7.31. The standard InChI is InChI=1S/C16H20N4O/c1-21-16-7-5-13(6-8-16)11-20-12-15(18-19-20)10-14-4-2-3-9-17-14/h5-8,10,12,17H,2-4,9,11H2,1H3. The quantitative estimate of drug-likeness (QED) is 0.937. The van der Waals surface area contributed by atoms with E-state index >= 15 is 0 Å². The lowest BCUT2D eigenvalue weighted by Crippen LogP contribution is -2.19. The molecule has 1 fully saturated rings. The van der Waals surface area contributed by atoms with E-state index < -0.39 is 0 Å². The Kier molecular flexibility index (Phi) is 4.19. The third kappa shape index (κ3) is 3.62. The molecule has 1 aliphatic rings. The van der Waals surface area contributed by atoms with Crippen LogP contribution < -0.4 is 10.1 Å². The van der Waals surface area contributed by atoms with Gasteiger partial charge >= 0.3 is 0 Å². The number of ether oxygens (including phenoxy) is 1. The molecule has 110 valence electrons. The van der Waals surface area contributed by atoms with Crippen LogP contribution in [-0.4, -0.2) is 28.6 Å². The van der Waals surface area contributed by atoms with Crippen LogP contribution in [-0.2, 0) is 6.54 Å². The number of benzene rings is 1. The van der Waals surface area contributed by atoms with Crippen LogP contribution in [0.25, 0.3) is 6.08 Å². The summed E-state index contributed by atoms with van der Waals surface area (Å²) in [7, 11) is 1.67. The van der Waals surface area contributed by atoms with Crippen LogP contribution in [0.15, 0.2) is 36.2 Å². The Labute approximate surface area is 124 Å². The molecule has 1 aromatic carbocycles. The van der Waals surface area contributed by atoms with Gasteiger partial charge < -0.3 is 10.1 Å². The van der Waals surface area contributed by atoms with Gasteiger partial charge in [-0.05, 0) is 43.0 Å². The molecule has 0 aliphatic carbocycles. The van der Waals surface area contributed by atoms with Gasteiger partial charge in [0.25, 0.3) is 0 Å². The summed E-state index contributed by atoms with van der Waals surface area (Å²) in [4.78, 5) is 0. The molecule has 5 heteroatoms. The van der Waals surface area contributed by atoms with E-state index in [2.05, 4.69) is 21.7 Å². The van der Waals surface area contributed by atoms with Crippen molar-refractivity contribution < 1.29 is 4.74 Å². The van der Waals surface area contributed by atoms with Crippen molar-refractivity contribution in [2.24, 2.45) is 0 Å². The smallest absolute Gasteiger partial charge is 0.118 e. The van der Waals surface area contributed by atoms with Gasteiger partial charge in [0.15, 0.2) is 0 Å². The largest absolute Gasteiger partial charge is 0.497 e. The molecule has 1 saturated heterocycles. The molecule has 2 aromatic rings. The molecule has 21 heavy (non-hydrogen) atoms. The predicted molar refractivity (Wildman–Crippen MR) is 81.9 cm³/mol. The van der Waals surface area contributed by atoms with E-state index in [4.69, 9.17) is 4.74 Å². The second kappa shape index (κ2) is 6.43. The Hall–Kier alpha value is -2.30. The van der Waals surface area contributed by atoms with E-state index in [0.29, 0.717) is 6.54 Å². The predicted octanol–water partition coefficient (Wildman–Crippen LogP) is 2.45. The SMILES string of the molecule is COc1ccc(Cn2cc(C=C3CCCCN3)nn2)cc1. The Bertz CT molecular complexity index is 607. The Morgan fingerprint density at radius 1 is 1.29 bits per heavy atom. The summed E-state index contributed by atoms with van der Waals surface area (Å²) in [6.07, 6.45) is 7.68. The molecule has 3 rings (SSSR count). The molecular weight excluding hydrogens is 264 g/mol. The van der Waals surface area contributed by atoms with Crippen molar-refractivity contribution >= 4 is 6.08 Å². The molecule has 1 aliphatic heterocycles. The number of methoxy groups -OCH3 is 1. The monoisotopic (exact) mass is 284 g/mol. The van der Waals surface area contributed by atoms with Gasteiger partial charge in [0, 0.05) is 12.2 Å². The van der Waals surface area contributed by atoms with E-state index in [-0.39, 0.29) is 0 Å². The van der Waals surface area contributed by atoms with Gasteiger partial charge in [-0.2, -0.15) is 0 Å². The summed E-state index contributed by atoms with van der Waals surface area (Å²) < 4.78 is 7.02. The fraction of sp³-hybridized carbons (Fsp3) is 0.375. The highest BCUT2D eigenvalue weighted by Gasteiger charge is 2.06. The fourth-order valence-electron chi connectivity index (χ4n) is 2.45. The van der Waals surface area contributed by atoms with Gasteiger partial charge in [-0.15, -0.1) is 5.10 Å². The van der Waals surface area contributed by atoms with Crippen LogP contribution in [0.3, 0.4) is 0 Å². The highest BCUT2D eigenvalue weighted by atomic mass is 16.5. The van der Waals surface area contributed by atoms with Crippen molar-refractivity contribution in [1.82, 2.24) is 20.3 Å². The molecule has 0 unspecified atom stereocenters. The van der Waals surface area contributed by atoms with Gasteiger partial charge in [0.05, 0.1) is 19.9 Å². The first kappa shape index (κ1) is 13.7. The zero-order valence-corrected chi connectivity index (χ0v) is 12.2. The van der Waals surface area contributed by atoms with Crippen LogP contribution in [0.1, 0.15) is 30.5 Å². The molecule has 0 bridgehead atoms. The molecular formula is C16H20N4O. The van der Waals surface area contributed by atoms with E-state index in [9.17, 15) is 0 Å². The normalized spacial score (nSPS) is 16.7. The van der Waals surface area contributed by atoms with Gasteiger partial charge in [-0.25, -0.2) is 4.68 Å². The summed E-state index contributed by atoms with van der Waals surface area (Å²) in [5.74, 6) is 0.867. The third-order valence-corrected chi connectivity index (χ3v) is 3.61. The Morgan fingerprint density at radius 3 is 2.86 bits per heavy atom. The zero-order valence-electron chi connectivity index (χ0n) is 12.2. The number of piperidine rings is 1. The van der Waals surface area contributed by atoms with E-state index in [0.717, 1.165) is 24.4 Å². The highest BCUT2D eigenvalue weighted by Crippen LogP contribution is 2.14. The number of nitrogens with one attached hydrogen (secondary N) is 1. The lowest BCUT2D eigenvalue weighted by Gasteiger charge is -2.15. The Balaban J connectivity index is 1.66. The minimum atomic E-state index is 0.716. The minimum absolute atomic E-state index is 0.716. The lowest BCUT2D eigenvalue weighted by atomic mass is 10.1. The molecule has 2 heterocycles. The lowest BCUT2D eigenvalue weighted by molar-refractivity contribution is 0.414. The summed E-state index contributed by atoms with van der Waals surface area (Å²) >= 11 is 0. The maximum absolute atomic E-state index is 5.16. The highest BCUT2D eigenvalue weighted by molar-refractivity contribution is 5.47. The van der Waals surface area contributed by atoms with Crippen molar-refractivity contribution in [3.05, 3.63) is 47.4 Å². The average molecular weight is 284 g/mol. The van der Waals surface area contributed by atoms with Gasteiger partial charge in [0.2, 0.25) is 0 Å². The molecule has 0 radical (unpaired) electrons. The Morgan fingerprint density at radius 2 is 2.14 bits per heavy atom. The molecule has 1 N–H and O–H groups in total.